The lowest BCUT2D eigenvalue weighted by molar-refractivity contribution is 0.192. The van der Waals surface area contributed by atoms with E-state index in [1.807, 2.05) is 13.1 Å². The molecule has 1 atom stereocenters. The Morgan fingerprint density at radius 1 is 1.69 bits per heavy atom. The van der Waals surface area contributed by atoms with Crippen molar-refractivity contribution in [1.29, 1.82) is 0 Å². The fourth-order valence-electron chi connectivity index (χ4n) is 1.52. The molecule has 2 aliphatic heterocycles. The molecule has 4 nitrogen and oxygen atoms in total. The van der Waals surface area contributed by atoms with Gasteiger partial charge in [0.2, 0.25) is 0 Å². The highest BCUT2D eigenvalue weighted by atomic mass is 16.5. The molecular formula is C9H15N3O. The largest absolute Gasteiger partial charge is 0.379 e. The predicted octanol–water partition coefficient (Wildman–Crippen LogP) is 0.228. The van der Waals surface area contributed by atoms with Gasteiger partial charge in [-0.15, -0.1) is 0 Å². The third-order valence-corrected chi connectivity index (χ3v) is 2.29. The van der Waals surface area contributed by atoms with Crippen LogP contribution in [0.4, 0.5) is 0 Å². The summed E-state index contributed by atoms with van der Waals surface area (Å²) in [6.07, 6.45) is 3.07. The summed E-state index contributed by atoms with van der Waals surface area (Å²) in [6.45, 7) is 4.40. The number of hydrogen-bond donors (Lipinski definition) is 2. The van der Waals surface area contributed by atoms with Gasteiger partial charge in [0.1, 0.15) is 12.5 Å². The summed E-state index contributed by atoms with van der Waals surface area (Å²) in [5.74, 6) is 1.01. The first-order chi connectivity index (χ1) is 6.36. The van der Waals surface area contributed by atoms with E-state index >= 15 is 0 Å². The Bertz CT molecular complexity index is 241. The molecule has 0 spiro atoms. The van der Waals surface area contributed by atoms with Gasteiger partial charge in [0.05, 0.1) is 12.6 Å². The first-order valence-corrected chi connectivity index (χ1v) is 4.65. The minimum atomic E-state index is 0.445. The standard InChI is InChI=1S/C9H15N3O/c1-7-4-10-6-11-9(7)12-8-2-3-13-5-8/h4,8,10H,2-3,5-6H2,1H3,(H,11,12)/t8-/m1/s1. The normalized spacial score (nSPS) is 27.6. The molecule has 2 N–H and O–H groups in total. The molecule has 0 radical (unpaired) electrons. The Labute approximate surface area is 78.1 Å². The monoisotopic (exact) mass is 181 g/mol. The quantitative estimate of drug-likeness (QED) is 0.608. The number of hydrogen-bond acceptors (Lipinski definition) is 4. The van der Waals surface area contributed by atoms with Crippen molar-refractivity contribution in [2.45, 2.75) is 19.4 Å². The van der Waals surface area contributed by atoms with Crippen LogP contribution in [0.3, 0.4) is 0 Å². The van der Waals surface area contributed by atoms with Crippen molar-refractivity contribution in [3.8, 4) is 0 Å². The Morgan fingerprint density at radius 3 is 3.31 bits per heavy atom. The van der Waals surface area contributed by atoms with Gasteiger partial charge in [-0.3, -0.25) is 0 Å². The highest BCUT2D eigenvalue weighted by molar-refractivity contribution is 5.98. The fourth-order valence-corrected chi connectivity index (χ4v) is 1.52. The van der Waals surface area contributed by atoms with Crippen LogP contribution in [0.15, 0.2) is 16.8 Å². The molecule has 0 saturated carbocycles. The second kappa shape index (κ2) is 3.79. The Kier molecular flexibility index (Phi) is 2.49. The molecule has 13 heavy (non-hydrogen) atoms. The van der Waals surface area contributed by atoms with Gasteiger partial charge in [0.15, 0.2) is 0 Å². The van der Waals surface area contributed by atoms with Crippen molar-refractivity contribution in [3.05, 3.63) is 11.8 Å². The molecule has 0 aliphatic carbocycles. The van der Waals surface area contributed by atoms with Gasteiger partial charge in [-0.05, 0) is 13.3 Å². The zero-order valence-corrected chi connectivity index (χ0v) is 7.84. The van der Waals surface area contributed by atoms with Gasteiger partial charge in [0.25, 0.3) is 0 Å². The van der Waals surface area contributed by atoms with Gasteiger partial charge >= 0.3 is 0 Å². The van der Waals surface area contributed by atoms with Gasteiger partial charge in [-0.1, -0.05) is 0 Å². The molecule has 0 aromatic carbocycles. The van der Waals surface area contributed by atoms with Crippen LogP contribution in [0.2, 0.25) is 0 Å². The summed E-state index contributed by atoms with van der Waals surface area (Å²) in [6, 6.07) is 0.445. The molecule has 0 amide bonds. The lowest BCUT2D eigenvalue weighted by Gasteiger charge is -2.18. The predicted molar refractivity (Wildman–Crippen MR) is 51.6 cm³/mol. The summed E-state index contributed by atoms with van der Waals surface area (Å²) in [5, 5.41) is 6.45. The molecule has 0 aromatic rings. The summed E-state index contributed by atoms with van der Waals surface area (Å²) >= 11 is 0. The van der Waals surface area contributed by atoms with Crippen molar-refractivity contribution in [1.82, 2.24) is 10.6 Å². The zero-order valence-electron chi connectivity index (χ0n) is 7.84. The molecule has 2 rings (SSSR count). The molecular weight excluding hydrogens is 166 g/mol. The molecule has 0 unspecified atom stereocenters. The maximum atomic E-state index is 5.28. The van der Waals surface area contributed by atoms with E-state index in [4.69, 9.17) is 4.74 Å². The maximum Gasteiger partial charge on any atom is 0.127 e. The summed E-state index contributed by atoms with van der Waals surface area (Å²) in [7, 11) is 0. The van der Waals surface area contributed by atoms with Crippen LogP contribution in [0.25, 0.3) is 0 Å². The molecule has 1 fully saturated rings. The molecule has 72 valence electrons. The smallest absolute Gasteiger partial charge is 0.127 e. The van der Waals surface area contributed by atoms with Crippen LogP contribution >= 0.6 is 0 Å². The summed E-state index contributed by atoms with van der Waals surface area (Å²) in [4.78, 5) is 4.34. The average molecular weight is 181 g/mol. The van der Waals surface area contributed by atoms with E-state index in [0.29, 0.717) is 12.7 Å². The highest BCUT2D eigenvalue weighted by Crippen LogP contribution is 2.06. The topological polar surface area (TPSA) is 45.7 Å². The van der Waals surface area contributed by atoms with Crippen molar-refractivity contribution in [2.75, 3.05) is 19.9 Å². The molecule has 0 bridgehead atoms. The van der Waals surface area contributed by atoms with Crippen LogP contribution < -0.4 is 10.6 Å². The van der Waals surface area contributed by atoms with Crippen LogP contribution in [0.1, 0.15) is 13.3 Å². The van der Waals surface area contributed by atoms with Crippen LogP contribution in [-0.2, 0) is 4.74 Å². The second-order valence-corrected chi connectivity index (χ2v) is 3.40. The molecule has 2 heterocycles. The van der Waals surface area contributed by atoms with Crippen LogP contribution in [0, 0.1) is 0 Å². The Hall–Kier alpha value is -1.03. The maximum absolute atomic E-state index is 5.28. The number of nitrogens with zero attached hydrogens (tertiary/aromatic N) is 1. The number of rotatable bonds is 1. The van der Waals surface area contributed by atoms with Gasteiger partial charge in [-0.25, -0.2) is 4.99 Å². The Balaban J connectivity index is 1.93. The van der Waals surface area contributed by atoms with E-state index in [9.17, 15) is 0 Å². The Morgan fingerprint density at radius 2 is 2.62 bits per heavy atom. The van der Waals surface area contributed by atoms with Crippen molar-refractivity contribution >= 4 is 5.84 Å². The van der Waals surface area contributed by atoms with E-state index in [-0.39, 0.29) is 0 Å². The number of aliphatic imine (C=N–C) groups is 1. The van der Waals surface area contributed by atoms with E-state index in [1.165, 1.54) is 0 Å². The number of ether oxygens (including phenoxy) is 1. The first kappa shape index (κ1) is 8.56. The third kappa shape index (κ3) is 2.01. The first-order valence-electron chi connectivity index (χ1n) is 4.65. The molecule has 2 aliphatic rings. The molecule has 4 heteroatoms. The van der Waals surface area contributed by atoms with Gasteiger partial charge < -0.3 is 15.4 Å². The number of nitrogens with one attached hydrogen (secondary N) is 2. The lowest BCUT2D eigenvalue weighted by atomic mass is 10.2. The zero-order chi connectivity index (χ0) is 9.10. The van der Waals surface area contributed by atoms with Gasteiger partial charge in [-0.2, -0.15) is 0 Å². The molecule has 0 aromatic heterocycles. The van der Waals surface area contributed by atoms with E-state index in [0.717, 1.165) is 31.0 Å². The summed E-state index contributed by atoms with van der Waals surface area (Å²) in [5.41, 5.74) is 1.16. The fraction of sp³-hybridized carbons (Fsp3) is 0.667. The summed E-state index contributed by atoms with van der Waals surface area (Å²) < 4.78 is 5.28. The van der Waals surface area contributed by atoms with Crippen molar-refractivity contribution < 1.29 is 4.74 Å². The lowest BCUT2D eigenvalue weighted by Crippen LogP contribution is -2.38. The van der Waals surface area contributed by atoms with E-state index in [1.54, 1.807) is 0 Å². The minimum Gasteiger partial charge on any atom is -0.379 e. The van der Waals surface area contributed by atoms with Crippen LogP contribution in [-0.4, -0.2) is 31.8 Å². The van der Waals surface area contributed by atoms with E-state index in [2.05, 4.69) is 15.6 Å². The van der Waals surface area contributed by atoms with Crippen LogP contribution in [0.5, 0.6) is 0 Å². The van der Waals surface area contributed by atoms with Crippen molar-refractivity contribution in [2.24, 2.45) is 4.99 Å². The minimum absolute atomic E-state index is 0.445. The second-order valence-electron chi connectivity index (χ2n) is 3.40. The SMILES string of the molecule is CC1=CNCN=C1N[C@@H]1CCOC1. The van der Waals surface area contributed by atoms with Crippen molar-refractivity contribution in [3.63, 3.8) is 0 Å². The third-order valence-electron chi connectivity index (χ3n) is 2.29. The highest BCUT2D eigenvalue weighted by Gasteiger charge is 2.17. The average Bonchev–Trinajstić information content (AvgIpc) is 2.61. The molecule has 1 saturated heterocycles. The number of amidine groups is 1. The van der Waals surface area contributed by atoms with E-state index < -0.39 is 0 Å². The van der Waals surface area contributed by atoms with Gasteiger partial charge in [0, 0.05) is 18.4 Å².